The summed E-state index contributed by atoms with van der Waals surface area (Å²) in [6.45, 7) is 0. The van der Waals surface area contributed by atoms with E-state index in [1.165, 1.54) is 0 Å². The lowest BCUT2D eigenvalue weighted by Crippen LogP contribution is -2.13. The quantitative estimate of drug-likeness (QED) is 0.892. The highest BCUT2D eigenvalue weighted by Crippen LogP contribution is 2.29. The van der Waals surface area contributed by atoms with Crippen molar-refractivity contribution < 1.29 is 0 Å². The first-order chi connectivity index (χ1) is 7.68. The van der Waals surface area contributed by atoms with Gasteiger partial charge in [0.05, 0.1) is 0 Å². The Balaban J connectivity index is 2.17. The lowest BCUT2D eigenvalue weighted by Gasteiger charge is -2.12. The molecule has 0 amide bonds. The molecule has 0 fully saturated rings. The molecule has 84 valence electrons. The van der Waals surface area contributed by atoms with Gasteiger partial charge in [-0.25, -0.2) is 0 Å². The fourth-order valence-corrected chi connectivity index (χ4v) is 3.44. The van der Waals surface area contributed by atoms with Crippen LogP contribution in [0.3, 0.4) is 0 Å². The maximum absolute atomic E-state index is 6.16. The minimum atomic E-state index is -0.0134. The highest BCUT2D eigenvalue weighted by molar-refractivity contribution is 9.10. The molecular weight excluding hydrogens is 306 g/mol. The van der Waals surface area contributed by atoms with E-state index in [2.05, 4.69) is 21.3 Å². The first kappa shape index (κ1) is 12.1. The molecule has 2 rings (SSSR count). The zero-order chi connectivity index (χ0) is 11.5. The number of nitrogens with two attached hydrogens (primary N) is 1. The van der Waals surface area contributed by atoms with Crippen LogP contribution in [-0.2, 0) is 6.42 Å². The summed E-state index contributed by atoms with van der Waals surface area (Å²) in [4.78, 5) is 0. The summed E-state index contributed by atoms with van der Waals surface area (Å²) in [5, 5.41) is 4.90. The summed E-state index contributed by atoms with van der Waals surface area (Å²) in [7, 11) is 0. The number of hydrogen-bond donors (Lipinski definition) is 1. The number of thiophene rings is 1. The Kier molecular flexibility index (Phi) is 4.03. The molecule has 16 heavy (non-hydrogen) atoms. The van der Waals surface area contributed by atoms with Crippen LogP contribution in [0.15, 0.2) is 39.5 Å². The van der Waals surface area contributed by atoms with Gasteiger partial charge in [-0.3, -0.25) is 0 Å². The Morgan fingerprint density at radius 3 is 2.69 bits per heavy atom. The smallest absolute Gasteiger partial charge is 0.0438 e. The predicted molar refractivity (Wildman–Crippen MR) is 74.1 cm³/mol. The second-order valence-electron chi connectivity index (χ2n) is 3.58. The van der Waals surface area contributed by atoms with Crippen molar-refractivity contribution in [2.75, 3.05) is 0 Å². The van der Waals surface area contributed by atoms with E-state index in [-0.39, 0.29) is 6.04 Å². The van der Waals surface area contributed by atoms with Crippen LogP contribution in [0.25, 0.3) is 0 Å². The van der Waals surface area contributed by atoms with Gasteiger partial charge in [-0.1, -0.05) is 29.8 Å². The average molecular weight is 317 g/mol. The summed E-state index contributed by atoms with van der Waals surface area (Å²) in [5.41, 5.74) is 8.40. The van der Waals surface area contributed by atoms with Gasteiger partial charge < -0.3 is 5.73 Å². The van der Waals surface area contributed by atoms with Gasteiger partial charge in [-0.05, 0) is 44.9 Å². The molecule has 2 aromatic rings. The summed E-state index contributed by atoms with van der Waals surface area (Å²) in [6.07, 6.45) is 0.759. The average Bonchev–Trinajstić information content (AvgIpc) is 2.68. The number of hydrogen-bond acceptors (Lipinski definition) is 2. The Labute approximate surface area is 112 Å². The fraction of sp³-hybridized carbons (Fsp3) is 0.167. The van der Waals surface area contributed by atoms with Crippen molar-refractivity contribution in [3.05, 3.63) is 55.6 Å². The maximum atomic E-state index is 6.16. The molecule has 1 aromatic heterocycles. The first-order valence-electron chi connectivity index (χ1n) is 4.89. The highest BCUT2D eigenvalue weighted by Gasteiger charge is 2.12. The Bertz CT molecular complexity index is 483. The van der Waals surface area contributed by atoms with Crippen LogP contribution in [0.1, 0.15) is 17.2 Å². The molecule has 1 aromatic carbocycles. The van der Waals surface area contributed by atoms with Gasteiger partial charge in [0, 0.05) is 20.9 Å². The van der Waals surface area contributed by atoms with Gasteiger partial charge in [0.1, 0.15) is 0 Å². The Morgan fingerprint density at radius 1 is 1.31 bits per heavy atom. The van der Waals surface area contributed by atoms with Gasteiger partial charge in [0.2, 0.25) is 0 Å². The second kappa shape index (κ2) is 5.32. The number of benzene rings is 1. The van der Waals surface area contributed by atoms with E-state index in [4.69, 9.17) is 17.3 Å². The largest absolute Gasteiger partial charge is 0.324 e. The van der Waals surface area contributed by atoms with Crippen LogP contribution >= 0.6 is 38.9 Å². The molecule has 1 nitrogen and oxygen atoms in total. The molecule has 1 atom stereocenters. The first-order valence-corrected chi connectivity index (χ1v) is 7.00. The van der Waals surface area contributed by atoms with Crippen molar-refractivity contribution in [2.24, 2.45) is 5.73 Å². The molecule has 4 heteroatoms. The van der Waals surface area contributed by atoms with E-state index in [0.717, 1.165) is 27.0 Å². The van der Waals surface area contributed by atoms with E-state index in [1.807, 2.05) is 29.6 Å². The zero-order valence-electron chi connectivity index (χ0n) is 8.49. The third kappa shape index (κ3) is 2.66. The topological polar surface area (TPSA) is 26.0 Å². The van der Waals surface area contributed by atoms with Gasteiger partial charge >= 0.3 is 0 Å². The molecule has 2 N–H and O–H groups in total. The molecule has 0 aliphatic rings. The third-order valence-electron chi connectivity index (χ3n) is 2.44. The summed E-state index contributed by atoms with van der Waals surface area (Å²) >= 11 is 11.3. The standard InChI is InChI=1S/C12H11BrClNS/c13-10-7-16-6-9(10)12(15)5-8-3-1-2-4-11(8)14/h1-4,6-7,12H,5,15H2. The van der Waals surface area contributed by atoms with Gasteiger partial charge in [0.15, 0.2) is 0 Å². The molecule has 0 spiro atoms. The van der Waals surface area contributed by atoms with Crippen LogP contribution < -0.4 is 5.73 Å². The lowest BCUT2D eigenvalue weighted by atomic mass is 10.0. The molecule has 0 aliphatic heterocycles. The van der Waals surface area contributed by atoms with Crippen molar-refractivity contribution >= 4 is 38.9 Å². The molecule has 1 unspecified atom stereocenters. The maximum Gasteiger partial charge on any atom is 0.0438 e. The monoisotopic (exact) mass is 315 g/mol. The van der Waals surface area contributed by atoms with E-state index in [0.29, 0.717) is 0 Å². The van der Waals surface area contributed by atoms with Crippen LogP contribution in [-0.4, -0.2) is 0 Å². The number of halogens is 2. The Hall–Kier alpha value is -0.350. The van der Waals surface area contributed by atoms with Crippen molar-refractivity contribution in [1.82, 2.24) is 0 Å². The van der Waals surface area contributed by atoms with E-state index in [1.54, 1.807) is 11.3 Å². The van der Waals surface area contributed by atoms with Crippen LogP contribution in [0.4, 0.5) is 0 Å². The Morgan fingerprint density at radius 2 is 2.06 bits per heavy atom. The normalized spacial score (nSPS) is 12.7. The SMILES string of the molecule is NC(Cc1ccccc1Cl)c1cscc1Br. The van der Waals surface area contributed by atoms with E-state index in [9.17, 15) is 0 Å². The molecule has 0 saturated heterocycles. The van der Waals surface area contributed by atoms with Crippen molar-refractivity contribution in [3.8, 4) is 0 Å². The second-order valence-corrected chi connectivity index (χ2v) is 5.58. The molecule has 0 radical (unpaired) electrons. The van der Waals surface area contributed by atoms with Crippen LogP contribution in [0, 0.1) is 0 Å². The van der Waals surface area contributed by atoms with Crippen molar-refractivity contribution in [1.29, 1.82) is 0 Å². The summed E-state index contributed by atoms with van der Waals surface area (Å²) < 4.78 is 1.08. The molecule has 0 bridgehead atoms. The lowest BCUT2D eigenvalue weighted by molar-refractivity contribution is 0.722. The minimum absolute atomic E-state index is 0.0134. The van der Waals surface area contributed by atoms with E-state index >= 15 is 0 Å². The van der Waals surface area contributed by atoms with Gasteiger partial charge in [0.25, 0.3) is 0 Å². The summed E-state index contributed by atoms with van der Waals surface area (Å²) in [6, 6.07) is 7.81. The van der Waals surface area contributed by atoms with E-state index < -0.39 is 0 Å². The number of rotatable bonds is 3. The summed E-state index contributed by atoms with van der Waals surface area (Å²) in [5.74, 6) is 0. The molecule has 1 heterocycles. The van der Waals surface area contributed by atoms with Gasteiger partial charge in [-0.15, -0.1) is 0 Å². The van der Waals surface area contributed by atoms with Crippen molar-refractivity contribution in [3.63, 3.8) is 0 Å². The predicted octanol–water partition coefficient (Wildman–Crippen LogP) is 4.41. The highest BCUT2D eigenvalue weighted by atomic mass is 79.9. The zero-order valence-corrected chi connectivity index (χ0v) is 11.6. The molecular formula is C12H11BrClNS. The van der Waals surface area contributed by atoms with Crippen LogP contribution in [0.2, 0.25) is 5.02 Å². The fourth-order valence-electron chi connectivity index (χ4n) is 1.57. The van der Waals surface area contributed by atoms with Crippen molar-refractivity contribution in [2.45, 2.75) is 12.5 Å². The molecule has 0 saturated carbocycles. The third-order valence-corrected chi connectivity index (χ3v) is 4.56. The minimum Gasteiger partial charge on any atom is -0.324 e. The van der Waals surface area contributed by atoms with Gasteiger partial charge in [-0.2, -0.15) is 11.3 Å². The van der Waals surface area contributed by atoms with Crippen LogP contribution in [0.5, 0.6) is 0 Å². The molecule has 0 aliphatic carbocycles.